The largest absolute Gasteiger partial charge is 0.493 e. The maximum absolute atomic E-state index is 12.2. The standard InChI is InChI=1S/C21H24N4O3/c1-25-18(12-14-23-25)16-9-7-15(8-10-16)11-13-22-21(26)24-17-5-4-6-19(27-2)20(17)28-3/h4-10,12,14H,11,13H2,1-3H3,(H2,22,24,26). The van der Waals surface area contributed by atoms with Crippen molar-refractivity contribution in [1.82, 2.24) is 15.1 Å². The molecule has 3 aromatic rings. The fourth-order valence-electron chi connectivity index (χ4n) is 2.97. The normalized spacial score (nSPS) is 10.4. The van der Waals surface area contributed by atoms with Crippen LogP contribution >= 0.6 is 0 Å². The van der Waals surface area contributed by atoms with Gasteiger partial charge in [-0.1, -0.05) is 30.3 Å². The third-order valence-corrected chi connectivity index (χ3v) is 4.42. The molecule has 0 atom stereocenters. The number of aromatic nitrogens is 2. The van der Waals surface area contributed by atoms with Crippen LogP contribution in [0.5, 0.6) is 11.5 Å². The summed E-state index contributed by atoms with van der Waals surface area (Å²) in [5, 5.41) is 9.84. The zero-order chi connectivity index (χ0) is 19.9. The number of methoxy groups -OCH3 is 2. The first-order chi connectivity index (χ1) is 13.6. The van der Waals surface area contributed by atoms with Gasteiger partial charge in [-0.05, 0) is 35.7 Å². The van der Waals surface area contributed by atoms with Crippen LogP contribution in [0, 0.1) is 0 Å². The number of urea groups is 1. The highest BCUT2D eigenvalue weighted by Gasteiger charge is 2.11. The first kappa shape index (κ1) is 19.3. The lowest BCUT2D eigenvalue weighted by Crippen LogP contribution is -2.30. The van der Waals surface area contributed by atoms with Crippen LogP contribution in [0.1, 0.15) is 5.56 Å². The molecule has 0 spiro atoms. The maximum Gasteiger partial charge on any atom is 0.319 e. The maximum atomic E-state index is 12.2. The van der Waals surface area contributed by atoms with Gasteiger partial charge in [0.25, 0.3) is 0 Å². The Balaban J connectivity index is 1.53. The SMILES string of the molecule is COc1cccc(NC(=O)NCCc2ccc(-c3ccnn3C)cc2)c1OC. The molecular formula is C21H24N4O3. The van der Waals surface area contributed by atoms with E-state index >= 15 is 0 Å². The fraction of sp³-hybridized carbons (Fsp3) is 0.238. The van der Waals surface area contributed by atoms with Crippen LogP contribution < -0.4 is 20.1 Å². The monoisotopic (exact) mass is 380 g/mol. The summed E-state index contributed by atoms with van der Waals surface area (Å²) in [6.07, 6.45) is 2.51. The van der Waals surface area contributed by atoms with Crippen molar-refractivity contribution < 1.29 is 14.3 Å². The summed E-state index contributed by atoms with van der Waals surface area (Å²) >= 11 is 0. The van der Waals surface area contributed by atoms with Crippen LogP contribution in [-0.2, 0) is 13.5 Å². The van der Waals surface area contributed by atoms with Gasteiger partial charge in [0.1, 0.15) is 0 Å². The molecule has 0 bridgehead atoms. The van der Waals surface area contributed by atoms with E-state index < -0.39 is 0 Å². The molecule has 2 aromatic carbocycles. The average molecular weight is 380 g/mol. The van der Waals surface area contributed by atoms with Gasteiger partial charge in [0.2, 0.25) is 0 Å². The predicted octanol–water partition coefficient (Wildman–Crippen LogP) is 3.47. The fourth-order valence-corrected chi connectivity index (χ4v) is 2.97. The zero-order valence-corrected chi connectivity index (χ0v) is 16.2. The van der Waals surface area contributed by atoms with Gasteiger partial charge in [-0.25, -0.2) is 4.79 Å². The van der Waals surface area contributed by atoms with Crippen molar-refractivity contribution in [3.05, 3.63) is 60.3 Å². The Hall–Kier alpha value is -3.48. The van der Waals surface area contributed by atoms with E-state index in [1.54, 1.807) is 31.5 Å². The third-order valence-electron chi connectivity index (χ3n) is 4.42. The van der Waals surface area contributed by atoms with Crippen molar-refractivity contribution in [1.29, 1.82) is 0 Å². The zero-order valence-electron chi connectivity index (χ0n) is 16.2. The van der Waals surface area contributed by atoms with Crippen molar-refractivity contribution in [2.24, 2.45) is 7.05 Å². The highest BCUT2D eigenvalue weighted by atomic mass is 16.5. The molecule has 0 saturated carbocycles. The van der Waals surface area contributed by atoms with Crippen molar-refractivity contribution in [3.63, 3.8) is 0 Å². The summed E-state index contributed by atoms with van der Waals surface area (Å²) in [4.78, 5) is 12.2. The van der Waals surface area contributed by atoms with E-state index in [4.69, 9.17) is 9.47 Å². The molecule has 7 heteroatoms. The van der Waals surface area contributed by atoms with Crippen molar-refractivity contribution >= 4 is 11.7 Å². The molecule has 28 heavy (non-hydrogen) atoms. The van der Waals surface area contributed by atoms with E-state index in [2.05, 4.69) is 40.0 Å². The van der Waals surface area contributed by atoms with Crippen LogP contribution in [0.3, 0.4) is 0 Å². The molecule has 146 valence electrons. The Labute approximate surface area is 164 Å². The summed E-state index contributed by atoms with van der Waals surface area (Å²) in [5.74, 6) is 1.06. The van der Waals surface area contributed by atoms with E-state index in [0.29, 0.717) is 23.7 Å². The molecule has 1 aromatic heterocycles. The van der Waals surface area contributed by atoms with Gasteiger partial charge < -0.3 is 20.1 Å². The van der Waals surface area contributed by atoms with Crippen LogP contribution in [0.4, 0.5) is 10.5 Å². The second-order valence-electron chi connectivity index (χ2n) is 6.21. The molecule has 0 aliphatic rings. The lowest BCUT2D eigenvalue weighted by molar-refractivity contribution is 0.252. The number of hydrogen-bond acceptors (Lipinski definition) is 4. The van der Waals surface area contributed by atoms with Crippen LogP contribution in [0.15, 0.2) is 54.7 Å². The Kier molecular flexibility index (Phi) is 6.16. The van der Waals surface area contributed by atoms with Gasteiger partial charge in [0.15, 0.2) is 11.5 Å². The highest BCUT2D eigenvalue weighted by Crippen LogP contribution is 2.34. The third kappa shape index (κ3) is 4.43. The molecule has 0 unspecified atom stereocenters. The van der Waals surface area contributed by atoms with Gasteiger partial charge in [-0.2, -0.15) is 5.10 Å². The minimum absolute atomic E-state index is 0.293. The van der Waals surface area contributed by atoms with Crippen molar-refractivity contribution in [2.45, 2.75) is 6.42 Å². The number of hydrogen-bond donors (Lipinski definition) is 2. The Morgan fingerprint density at radius 1 is 1.07 bits per heavy atom. The number of ether oxygens (including phenoxy) is 2. The molecule has 1 heterocycles. The van der Waals surface area contributed by atoms with Gasteiger partial charge in [-0.3, -0.25) is 4.68 Å². The summed E-state index contributed by atoms with van der Waals surface area (Å²) in [7, 11) is 5.01. The van der Waals surface area contributed by atoms with Gasteiger partial charge in [-0.15, -0.1) is 0 Å². The number of para-hydroxylation sites is 1. The molecule has 0 fully saturated rings. The smallest absolute Gasteiger partial charge is 0.319 e. The minimum atomic E-state index is -0.293. The molecule has 7 nitrogen and oxygen atoms in total. The van der Waals surface area contributed by atoms with Crippen LogP contribution in [0.25, 0.3) is 11.3 Å². The summed E-state index contributed by atoms with van der Waals surface area (Å²) in [6.45, 7) is 0.517. The highest BCUT2D eigenvalue weighted by molar-refractivity contribution is 5.91. The average Bonchev–Trinajstić information content (AvgIpc) is 3.14. The molecule has 3 rings (SSSR count). The number of anilines is 1. The second kappa shape index (κ2) is 8.94. The van der Waals surface area contributed by atoms with E-state index in [-0.39, 0.29) is 6.03 Å². The van der Waals surface area contributed by atoms with E-state index in [1.807, 2.05) is 17.8 Å². The van der Waals surface area contributed by atoms with Crippen LogP contribution in [0.2, 0.25) is 0 Å². The van der Waals surface area contributed by atoms with Gasteiger partial charge >= 0.3 is 6.03 Å². The molecule has 0 saturated heterocycles. The molecule has 2 amide bonds. The number of amides is 2. The summed E-state index contributed by atoms with van der Waals surface area (Å²) in [6, 6.07) is 15.3. The van der Waals surface area contributed by atoms with E-state index in [9.17, 15) is 4.79 Å². The lowest BCUT2D eigenvalue weighted by atomic mass is 10.1. The number of nitrogens with one attached hydrogen (secondary N) is 2. The Bertz CT molecular complexity index is 935. The molecule has 0 radical (unpaired) electrons. The van der Waals surface area contributed by atoms with Crippen LogP contribution in [-0.4, -0.2) is 36.6 Å². The number of benzene rings is 2. The van der Waals surface area contributed by atoms with Crippen molar-refractivity contribution in [2.75, 3.05) is 26.1 Å². The quantitative estimate of drug-likeness (QED) is 0.658. The Morgan fingerprint density at radius 3 is 2.50 bits per heavy atom. The number of rotatable bonds is 7. The first-order valence-electron chi connectivity index (χ1n) is 8.95. The molecule has 0 aliphatic heterocycles. The first-order valence-corrected chi connectivity index (χ1v) is 8.95. The second-order valence-corrected chi connectivity index (χ2v) is 6.21. The van der Waals surface area contributed by atoms with E-state index in [1.165, 1.54) is 7.11 Å². The number of aryl methyl sites for hydroxylation is 1. The Morgan fingerprint density at radius 2 is 1.86 bits per heavy atom. The summed E-state index contributed by atoms with van der Waals surface area (Å²) in [5.41, 5.74) is 3.88. The molecule has 2 N–H and O–H groups in total. The van der Waals surface area contributed by atoms with E-state index in [0.717, 1.165) is 23.2 Å². The van der Waals surface area contributed by atoms with Gasteiger partial charge in [0, 0.05) is 19.8 Å². The molecular weight excluding hydrogens is 356 g/mol. The van der Waals surface area contributed by atoms with Crippen molar-refractivity contribution in [3.8, 4) is 22.8 Å². The number of nitrogens with zero attached hydrogens (tertiary/aromatic N) is 2. The lowest BCUT2D eigenvalue weighted by Gasteiger charge is -2.14. The topological polar surface area (TPSA) is 77.4 Å². The molecule has 0 aliphatic carbocycles. The predicted molar refractivity (Wildman–Crippen MR) is 109 cm³/mol. The minimum Gasteiger partial charge on any atom is -0.493 e. The number of carbonyl (C=O) groups excluding carboxylic acids is 1. The van der Waals surface area contributed by atoms with Gasteiger partial charge in [0.05, 0.1) is 25.6 Å². The summed E-state index contributed by atoms with van der Waals surface area (Å²) < 4.78 is 12.4. The number of carbonyl (C=O) groups is 1.